The number of piperidine rings is 1. The number of nitrogens with zero attached hydrogens (tertiary/aromatic N) is 3. The molecule has 1 amide bonds. The summed E-state index contributed by atoms with van der Waals surface area (Å²) in [5, 5.41) is 8.42. The Hall–Kier alpha value is -1.65. The Morgan fingerprint density at radius 3 is 2.87 bits per heavy atom. The van der Waals surface area contributed by atoms with E-state index in [4.69, 9.17) is 23.2 Å². The number of amides is 1. The molecular weight excluding hydrogens is 333 g/mol. The molecule has 1 aliphatic heterocycles. The van der Waals surface area contributed by atoms with Gasteiger partial charge in [-0.15, -0.1) is 5.10 Å². The summed E-state index contributed by atoms with van der Waals surface area (Å²) >= 11 is 11.9. The molecule has 0 unspecified atom stereocenters. The van der Waals surface area contributed by atoms with Gasteiger partial charge in [0.1, 0.15) is 0 Å². The summed E-state index contributed by atoms with van der Waals surface area (Å²) in [6.07, 6.45) is 3.51. The number of carbonyl (C=O) groups is 1. The third-order valence-corrected chi connectivity index (χ3v) is 4.67. The van der Waals surface area contributed by atoms with Crippen LogP contribution in [0.4, 0.5) is 0 Å². The van der Waals surface area contributed by atoms with Gasteiger partial charge in [0.25, 0.3) is 5.91 Å². The van der Waals surface area contributed by atoms with Crippen LogP contribution < -0.4 is 0 Å². The standard InChI is InChI=1S/C17H17Cl2N3O/c1-11-7-14(18)4-5-15(11)12-3-2-6-22(10-12)17(23)13-8-16(19)21-20-9-13/h4-5,7-9,12H,2-3,6,10H2,1H3/t12-/m1/s1. The molecule has 0 aliphatic carbocycles. The fourth-order valence-corrected chi connectivity index (χ4v) is 3.54. The Bertz CT molecular complexity index is 736. The molecule has 1 aromatic carbocycles. The fraction of sp³-hybridized carbons (Fsp3) is 0.353. The molecule has 1 atom stereocenters. The van der Waals surface area contributed by atoms with E-state index >= 15 is 0 Å². The van der Waals surface area contributed by atoms with Gasteiger partial charge < -0.3 is 4.90 Å². The summed E-state index contributed by atoms with van der Waals surface area (Å²) in [6, 6.07) is 7.52. The number of likely N-dealkylation sites (tertiary alicyclic amines) is 1. The average Bonchev–Trinajstić information content (AvgIpc) is 2.54. The summed E-state index contributed by atoms with van der Waals surface area (Å²) in [4.78, 5) is 14.5. The van der Waals surface area contributed by atoms with Crippen molar-refractivity contribution in [2.45, 2.75) is 25.7 Å². The number of aromatic nitrogens is 2. The number of hydrogen-bond donors (Lipinski definition) is 0. The summed E-state index contributed by atoms with van der Waals surface area (Å²) in [5.74, 6) is 0.286. The maximum absolute atomic E-state index is 12.6. The first-order valence-corrected chi connectivity index (χ1v) is 8.34. The second kappa shape index (κ2) is 6.85. The average molecular weight is 350 g/mol. The minimum absolute atomic E-state index is 0.0434. The zero-order valence-electron chi connectivity index (χ0n) is 12.8. The van der Waals surface area contributed by atoms with Crippen molar-refractivity contribution in [3.05, 3.63) is 57.3 Å². The largest absolute Gasteiger partial charge is 0.338 e. The number of hydrogen-bond acceptors (Lipinski definition) is 3. The molecular formula is C17H17Cl2N3O. The van der Waals surface area contributed by atoms with Gasteiger partial charge in [-0.25, -0.2) is 0 Å². The smallest absolute Gasteiger partial charge is 0.255 e. The molecule has 0 radical (unpaired) electrons. The van der Waals surface area contributed by atoms with E-state index in [0.29, 0.717) is 18.0 Å². The maximum atomic E-state index is 12.6. The Kier molecular flexibility index (Phi) is 4.83. The third kappa shape index (κ3) is 3.65. The Balaban J connectivity index is 1.79. The zero-order valence-corrected chi connectivity index (χ0v) is 14.3. The van der Waals surface area contributed by atoms with Crippen LogP contribution in [-0.4, -0.2) is 34.1 Å². The van der Waals surface area contributed by atoms with Crippen molar-refractivity contribution in [1.82, 2.24) is 15.1 Å². The van der Waals surface area contributed by atoms with Crippen LogP contribution in [0.3, 0.4) is 0 Å². The highest BCUT2D eigenvalue weighted by Gasteiger charge is 2.26. The molecule has 0 spiro atoms. The number of aryl methyl sites for hydroxylation is 1. The van der Waals surface area contributed by atoms with E-state index < -0.39 is 0 Å². The van der Waals surface area contributed by atoms with E-state index in [9.17, 15) is 4.79 Å². The van der Waals surface area contributed by atoms with Crippen LogP contribution in [-0.2, 0) is 0 Å². The highest BCUT2D eigenvalue weighted by Crippen LogP contribution is 2.31. The maximum Gasteiger partial charge on any atom is 0.255 e. The first kappa shape index (κ1) is 16.2. The lowest BCUT2D eigenvalue weighted by atomic mass is 9.88. The molecule has 1 saturated heterocycles. The van der Waals surface area contributed by atoms with Crippen LogP contribution in [0.1, 0.15) is 40.2 Å². The normalized spacial score (nSPS) is 18.0. The summed E-state index contributed by atoms with van der Waals surface area (Å²) in [7, 11) is 0. The third-order valence-electron chi connectivity index (χ3n) is 4.25. The van der Waals surface area contributed by atoms with Crippen LogP contribution >= 0.6 is 23.2 Å². The lowest BCUT2D eigenvalue weighted by Gasteiger charge is -2.33. The first-order chi connectivity index (χ1) is 11.0. The SMILES string of the molecule is Cc1cc(Cl)ccc1[C@@H]1CCCN(C(=O)c2cnnc(Cl)c2)C1. The monoisotopic (exact) mass is 349 g/mol. The molecule has 1 aromatic heterocycles. The molecule has 3 rings (SSSR count). The molecule has 6 heteroatoms. The molecule has 0 bridgehead atoms. The van der Waals surface area contributed by atoms with E-state index in [1.54, 1.807) is 6.07 Å². The minimum Gasteiger partial charge on any atom is -0.338 e. The summed E-state index contributed by atoms with van der Waals surface area (Å²) < 4.78 is 0. The zero-order chi connectivity index (χ0) is 16.4. The van der Waals surface area contributed by atoms with Crippen molar-refractivity contribution in [2.24, 2.45) is 0 Å². The fourth-order valence-electron chi connectivity index (χ4n) is 3.15. The molecule has 4 nitrogen and oxygen atoms in total. The Labute approximate surface area is 145 Å². The van der Waals surface area contributed by atoms with Gasteiger partial charge in [-0.05, 0) is 49.1 Å². The van der Waals surface area contributed by atoms with Gasteiger partial charge in [0.2, 0.25) is 0 Å². The topological polar surface area (TPSA) is 46.1 Å². The molecule has 1 aliphatic rings. The van der Waals surface area contributed by atoms with E-state index in [-0.39, 0.29) is 11.1 Å². The van der Waals surface area contributed by atoms with E-state index in [1.165, 1.54) is 17.3 Å². The lowest BCUT2D eigenvalue weighted by molar-refractivity contribution is 0.0706. The molecule has 2 aromatic rings. The molecule has 0 N–H and O–H groups in total. The number of carbonyl (C=O) groups excluding carboxylic acids is 1. The second-order valence-corrected chi connectivity index (χ2v) is 6.68. The molecule has 2 heterocycles. The molecule has 23 heavy (non-hydrogen) atoms. The highest BCUT2D eigenvalue weighted by molar-refractivity contribution is 6.30. The van der Waals surface area contributed by atoms with Crippen LogP contribution in [0.5, 0.6) is 0 Å². The van der Waals surface area contributed by atoms with Crippen LogP contribution in [0.15, 0.2) is 30.5 Å². The first-order valence-electron chi connectivity index (χ1n) is 7.58. The van der Waals surface area contributed by atoms with Crippen molar-refractivity contribution in [1.29, 1.82) is 0 Å². The summed E-state index contributed by atoms with van der Waals surface area (Å²) in [6.45, 7) is 3.51. The predicted molar refractivity (Wildman–Crippen MR) is 91.1 cm³/mol. The molecule has 1 fully saturated rings. The quantitative estimate of drug-likeness (QED) is 0.819. The predicted octanol–water partition coefficient (Wildman–Crippen LogP) is 4.11. The van der Waals surface area contributed by atoms with Gasteiger partial charge in [-0.2, -0.15) is 5.10 Å². The number of benzene rings is 1. The second-order valence-electron chi connectivity index (χ2n) is 5.86. The number of rotatable bonds is 2. The Morgan fingerprint density at radius 2 is 2.13 bits per heavy atom. The van der Waals surface area contributed by atoms with E-state index in [2.05, 4.69) is 23.2 Å². The van der Waals surface area contributed by atoms with Gasteiger partial charge >= 0.3 is 0 Å². The van der Waals surface area contributed by atoms with Crippen LogP contribution in [0.2, 0.25) is 10.2 Å². The molecule has 0 saturated carbocycles. The highest BCUT2D eigenvalue weighted by atomic mass is 35.5. The van der Waals surface area contributed by atoms with Crippen LogP contribution in [0.25, 0.3) is 0 Å². The van der Waals surface area contributed by atoms with Gasteiger partial charge in [0, 0.05) is 24.0 Å². The Morgan fingerprint density at radius 1 is 1.30 bits per heavy atom. The van der Waals surface area contributed by atoms with Crippen molar-refractivity contribution < 1.29 is 4.79 Å². The van der Waals surface area contributed by atoms with Crippen LogP contribution in [0, 0.1) is 6.92 Å². The lowest BCUT2D eigenvalue weighted by Crippen LogP contribution is -2.39. The van der Waals surface area contributed by atoms with Gasteiger partial charge in [-0.3, -0.25) is 4.79 Å². The van der Waals surface area contributed by atoms with E-state index in [1.807, 2.05) is 17.0 Å². The van der Waals surface area contributed by atoms with Crippen molar-refractivity contribution in [3.63, 3.8) is 0 Å². The van der Waals surface area contributed by atoms with Crippen molar-refractivity contribution in [2.75, 3.05) is 13.1 Å². The summed E-state index contributed by atoms with van der Waals surface area (Å²) in [5.41, 5.74) is 2.92. The number of halogens is 2. The minimum atomic E-state index is -0.0434. The van der Waals surface area contributed by atoms with E-state index in [0.717, 1.165) is 24.4 Å². The van der Waals surface area contributed by atoms with Gasteiger partial charge in [0.05, 0.1) is 11.8 Å². The van der Waals surface area contributed by atoms with Gasteiger partial charge in [0.15, 0.2) is 5.15 Å². The van der Waals surface area contributed by atoms with Crippen molar-refractivity contribution in [3.8, 4) is 0 Å². The van der Waals surface area contributed by atoms with Crippen molar-refractivity contribution >= 4 is 29.1 Å². The van der Waals surface area contributed by atoms with Gasteiger partial charge in [-0.1, -0.05) is 29.3 Å². The molecule has 120 valence electrons.